The summed E-state index contributed by atoms with van der Waals surface area (Å²) in [5.41, 5.74) is -6.28. The Hall–Kier alpha value is -3.06. The number of ether oxygens (including phenoxy) is 1. The van der Waals surface area contributed by atoms with Gasteiger partial charge in [0.15, 0.2) is 11.2 Å². The van der Waals surface area contributed by atoms with Gasteiger partial charge in [0.25, 0.3) is 0 Å². The van der Waals surface area contributed by atoms with Gasteiger partial charge in [-0.2, -0.15) is 0 Å². The van der Waals surface area contributed by atoms with Gasteiger partial charge in [-0.05, 0) is 0 Å². The molecule has 0 aromatic heterocycles. The molecule has 1 atom stereocenters. The molecule has 0 saturated heterocycles. The van der Waals surface area contributed by atoms with Crippen LogP contribution in [-0.2, 0) is 33.5 Å². The van der Waals surface area contributed by atoms with Crippen molar-refractivity contribution in [3.8, 4) is 0 Å². The van der Waals surface area contributed by atoms with Gasteiger partial charge in [-0.1, -0.05) is 0 Å². The zero-order valence-corrected chi connectivity index (χ0v) is 12.4. The smallest absolute Gasteiger partial charge is 0.346 e. The lowest BCUT2D eigenvalue weighted by Gasteiger charge is -2.23. The SMILES string of the molecule is O=C(O)CC(O)(CC(=O)OC(=O)C(O)(CC(=O)O)CC(=O)O)C(=O)O. The third kappa shape index (κ3) is 6.92. The van der Waals surface area contributed by atoms with E-state index in [1.807, 2.05) is 0 Å². The summed E-state index contributed by atoms with van der Waals surface area (Å²) < 4.78 is 3.97. The van der Waals surface area contributed by atoms with Crippen LogP contribution >= 0.6 is 0 Å². The van der Waals surface area contributed by atoms with Crippen molar-refractivity contribution in [2.45, 2.75) is 36.9 Å². The first-order chi connectivity index (χ1) is 11.2. The minimum Gasteiger partial charge on any atom is -0.481 e. The number of hydrogen-bond donors (Lipinski definition) is 6. The number of rotatable bonds is 10. The molecule has 0 amide bonds. The molecule has 0 bridgehead atoms. The maximum Gasteiger partial charge on any atom is 0.346 e. The Bertz CT molecular complexity index is 590. The van der Waals surface area contributed by atoms with E-state index in [-0.39, 0.29) is 0 Å². The van der Waals surface area contributed by atoms with Gasteiger partial charge in [-0.25, -0.2) is 9.59 Å². The van der Waals surface area contributed by atoms with Crippen LogP contribution < -0.4 is 0 Å². The molecule has 0 spiro atoms. The van der Waals surface area contributed by atoms with E-state index in [4.69, 9.17) is 20.4 Å². The van der Waals surface area contributed by atoms with Crippen molar-refractivity contribution in [3.63, 3.8) is 0 Å². The summed E-state index contributed by atoms with van der Waals surface area (Å²) in [6.07, 6.45) is -5.84. The monoisotopic (exact) mass is 366 g/mol. The topological polar surface area (TPSA) is 233 Å². The largest absolute Gasteiger partial charge is 0.481 e. The van der Waals surface area contributed by atoms with Crippen LogP contribution in [0.15, 0.2) is 0 Å². The highest BCUT2D eigenvalue weighted by atomic mass is 16.6. The highest BCUT2D eigenvalue weighted by Gasteiger charge is 2.46. The van der Waals surface area contributed by atoms with E-state index in [0.29, 0.717) is 0 Å². The van der Waals surface area contributed by atoms with Gasteiger partial charge in [0.05, 0.1) is 25.7 Å². The molecule has 25 heavy (non-hydrogen) atoms. The Kier molecular flexibility index (Phi) is 7.16. The second-order valence-corrected chi connectivity index (χ2v) is 5.02. The maximum atomic E-state index is 11.7. The molecule has 1 unspecified atom stereocenters. The van der Waals surface area contributed by atoms with E-state index >= 15 is 0 Å². The minimum atomic E-state index is -3.14. The molecule has 0 rings (SSSR count). The van der Waals surface area contributed by atoms with Crippen LogP contribution in [0.1, 0.15) is 25.7 Å². The van der Waals surface area contributed by atoms with Crippen LogP contribution in [0.2, 0.25) is 0 Å². The standard InChI is InChI=1S/C12H14O13/c13-5(14)1-11(23,9(20)21)4-8(19)25-10(22)12(24,2-6(15)16)3-7(17)18/h23-24H,1-4H2,(H,13,14)(H,15,16)(H,17,18)(H,20,21). The molecule has 140 valence electrons. The first-order valence-electron chi connectivity index (χ1n) is 6.30. The number of carboxylic acids is 4. The number of hydrogen-bond acceptors (Lipinski definition) is 9. The van der Waals surface area contributed by atoms with Crippen molar-refractivity contribution in [1.29, 1.82) is 0 Å². The molecule has 0 aromatic carbocycles. The number of esters is 2. The molecule has 0 fully saturated rings. The average molecular weight is 366 g/mol. The Morgan fingerprint density at radius 1 is 0.640 bits per heavy atom. The quantitative estimate of drug-likeness (QED) is 0.172. The second-order valence-electron chi connectivity index (χ2n) is 5.02. The van der Waals surface area contributed by atoms with E-state index in [1.165, 1.54) is 0 Å². The lowest BCUT2D eigenvalue weighted by atomic mass is 9.94. The normalized spacial score (nSPS) is 13.4. The molecular weight excluding hydrogens is 352 g/mol. The van der Waals surface area contributed by atoms with Crippen LogP contribution in [0.3, 0.4) is 0 Å². The van der Waals surface area contributed by atoms with Crippen molar-refractivity contribution >= 4 is 35.8 Å². The van der Waals surface area contributed by atoms with Crippen LogP contribution in [-0.4, -0.2) is 77.7 Å². The van der Waals surface area contributed by atoms with Gasteiger partial charge < -0.3 is 35.4 Å². The Labute approximate surface area is 138 Å². The number of carbonyl (C=O) groups excluding carboxylic acids is 2. The van der Waals surface area contributed by atoms with Crippen molar-refractivity contribution in [1.82, 2.24) is 0 Å². The van der Waals surface area contributed by atoms with Crippen LogP contribution in [0, 0.1) is 0 Å². The molecule has 0 saturated carbocycles. The molecule has 0 aliphatic rings. The Morgan fingerprint density at radius 2 is 1.00 bits per heavy atom. The Morgan fingerprint density at radius 3 is 1.32 bits per heavy atom. The molecule has 0 heterocycles. The average Bonchev–Trinajstić information content (AvgIpc) is 2.34. The lowest BCUT2D eigenvalue weighted by molar-refractivity contribution is -0.185. The zero-order valence-electron chi connectivity index (χ0n) is 12.4. The third-order valence-electron chi connectivity index (χ3n) is 2.75. The highest BCUT2D eigenvalue weighted by Crippen LogP contribution is 2.21. The minimum absolute atomic E-state index is 1.43. The highest BCUT2D eigenvalue weighted by molar-refractivity contribution is 5.97. The summed E-state index contributed by atoms with van der Waals surface area (Å²) in [7, 11) is 0. The van der Waals surface area contributed by atoms with Crippen molar-refractivity contribution in [3.05, 3.63) is 0 Å². The lowest BCUT2D eigenvalue weighted by Crippen LogP contribution is -2.47. The third-order valence-corrected chi connectivity index (χ3v) is 2.75. The van der Waals surface area contributed by atoms with Crippen molar-refractivity contribution in [2.24, 2.45) is 0 Å². The first kappa shape index (κ1) is 21.9. The number of carboxylic acid groups (broad SMARTS) is 4. The number of carbonyl (C=O) groups is 6. The fourth-order valence-corrected chi connectivity index (χ4v) is 1.64. The zero-order chi connectivity index (χ0) is 20.0. The van der Waals surface area contributed by atoms with Crippen molar-refractivity contribution in [2.75, 3.05) is 0 Å². The number of aliphatic hydroxyl groups is 2. The summed E-state index contributed by atoms with van der Waals surface area (Å²) in [4.78, 5) is 65.7. The summed E-state index contributed by atoms with van der Waals surface area (Å²) in [6, 6.07) is 0. The predicted octanol–water partition coefficient (Wildman–Crippen LogP) is -2.58. The molecule has 6 N–H and O–H groups in total. The van der Waals surface area contributed by atoms with E-state index in [0.717, 1.165) is 0 Å². The molecule has 0 aliphatic carbocycles. The van der Waals surface area contributed by atoms with Gasteiger partial charge in [0.2, 0.25) is 0 Å². The summed E-state index contributed by atoms with van der Waals surface area (Å²) in [5.74, 6) is -11.3. The van der Waals surface area contributed by atoms with E-state index in [1.54, 1.807) is 0 Å². The Balaban J connectivity index is 5.26. The van der Waals surface area contributed by atoms with Crippen LogP contribution in [0.4, 0.5) is 0 Å². The number of aliphatic carboxylic acids is 4. The molecule has 0 aromatic rings. The fraction of sp³-hybridized carbons (Fsp3) is 0.500. The summed E-state index contributed by atoms with van der Waals surface area (Å²) in [5, 5.41) is 53.8. The van der Waals surface area contributed by atoms with Gasteiger partial charge in [-0.15, -0.1) is 0 Å². The van der Waals surface area contributed by atoms with Gasteiger partial charge in [0, 0.05) is 0 Å². The van der Waals surface area contributed by atoms with E-state index in [2.05, 4.69) is 4.74 Å². The first-order valence-corrected chi connectivity index (χ1v) is 6.30. The molecule has 0 aliphatic heterocycles. The maximum absolute atomic E-state index is 11.7. The molecular formula is C12H14O13. The molecule has 13 nitrogen and oxygen atoms in total. The van der Waals surface area contributed by atoms with E-state index in [9.17, 15) is 39.0 Å². The summed E-state index contributed by atoms with van der Waals surface area (Å²) >= 11 is 0. The second kappa shape index (κ2) is 8.16. The molecule has 0 radical (unpaired) electrons. The van der Waals surface area contributed by atoms with Crippen LogP contribution in [0.5, 0.6) is 0 Å². The van der Waals surface area contributed by atoms with Crippen molar-refractivity contribution < 1.29 is 64.1 Å². The van der Waals surface area contributed by atoms with Gasteiger partial charge >= 0.3 is 35.8 Å². The fourth-order valence-electron chi connectivity index (χ4n) is 1.64. The van der Waals surface area contributed by atoms with E-state index < -0.39 is 72.7 Å². The van der Waals surface area contributed by atoms with Crippen LogP contribution in [0.25, 0.3) is 0 Å². The van der Waals surface area contributed by atoms with Gasteiger partial charge in [-0.3, -0.25) is 19.2 Å². The molecule has 13 heteroatoms. The predicted molar refractivity (Wildman–Crippen MR) is 70.0 cm³/mol. The van der Waals surface area contributed by atoms with Gasteiger partial charge in [0.1, 0.15) is 0 Å². The summed E-state index contributed by atoms with van der Waals surface area (Å²) in [6.45, 7) is 0.